The summed E-state index contributed by atoms with van der Waals surface area (Å²) in [5.74, 6) is -1.77. The van der Waals surface area contributed by atoms with Gasteiger partial charge in [0.05, 0.1) is 4.47 Å². The molecule has 1 heterocycles. The summed E-state index contributed by atoms with van der Waals surface area (Å²) in [4.78, 5) is 10.7. The first-order chi connectivity index (χ1) is 7.23. The summed E-state index contributed by atoms with van der Waals surface area (Å²) in [7, 11) is 0. The van der Waals surface area contributed by atoms with Crippen LogP contribution in [-0.2, 0) is 4.79 Å². The van der Waals surface area contributed by atoms with Crippen LogP contribution in [0, 0.1) is 0 Å². The third-order valence-electron chi connectivity index (χ3n) is 1.86. The maximum absolute atomic E-state index is 12.0. The van der Waals surface area contributed by atoms with E-state index in [1.165, 1.54) is 0 Å². The van der Waals surface area contributed by atoms with Crippen molar-refractivity contribution < 1.29 is 18.0 Å². The van der Waals surface area contributed by atoms with E-state index in [0.717, 1.165) is 16.9 Å². The topological polar surface area (TPSA) is 29.1 Å². The Morgan fingerprint density at radius 2 is 2.06 bits per heavy atom. The van der Waals surface area contributed by atoms with Crippen LogP contribution in [-0.4, -0.2) is 12.1 Å². The van der Waals surface area contributed by atoms with Crippen molar-refractivity contribution in [1.82, 2.24) is 0 Å². The maximum Gasteiger partial charge on any atom is 0.471 e. The second-order valence-electron chi connectivity index (χ2n) is 3.44. The fraction of sp³-hybridized carbons (Fsp3) is 0.444. The van der Waals surface area contributed by atoms with Gasteiger partial charge in [0.25, 0.3) is 0 Å². The summed E-state index contributed by atoms with van der Waals surface area (Å²) in [6.07, 6.45) is -4.86. The van der Waals surface area contributed by atoms with Crippen LogP contribution in [0.5, 0.6) is 0 Å². The molecule has 1 aromatic rings. The summed E-state index contributed by atoms with van der Waals surface area (Å²) >= 11 is 4.25. The van der Waals surface area contributed by atoms with Gasteiger partial charge in [-0.05, 0) is 32.8 Å². The Hall–Kier alpha value is -0.560. The van der Waals surface area contributed by atoms with Gasteiger partial charge >= 0.3 is 12.1 Å². The molecule has 0 unspecified atom stereocenters. The molecule has 2 nitrogen and oxygen atoms in total. The molecule has 90 valence electrons. The van der Waals surface area contributed by atoms with Crippen molar-refractivity contribution in [1.29, 1.82) is 0 Å². The molecule has 0 saturated heterocycles. The highest BCUT2D eigenvalue weighted by atomic mass is 79.9. The van der Waals surface area contributed by atoms with E-state index in [0.29, 0.717) is 4.47 Å². The van der Waals surface area contributed by atoms with E-state index in [9.17, 15) is 18.0 Å². The molecule has 0 aliphatic heterocycles. The molecule has 0 saturated carbocycles. The zero-order valence-electron chi connectivity index (χ0n) is 8.48. The number of hydrogen-bond donors (Lipinski definition) is 1. The Bertz CT molecular complexity index is 400. The van der Waals surface area contributed by atoms with E-state index in [1.807, 2.05) is 19.2 Å². The molecule has 0 spiro atoms. The number of nitrogens with one attached hydrogen (secondary N) is 1. The minimum Gasteiger partial charge on any atom is -0.309 e. The number of hydrogen-bond acceptors (Lipinski definition) is 2. The van der Waals surface area contributed by atoms with Gasteiger partial charge in [0.2, 0.25) is 0 Å². The van der Waals surface area contributed by atoms with Gasteiger partial charge in [-0.2, -0.15) is 13.2 Å². The lowest BCUT2D eigenvalue weighted by Crippen LogP contribution is -2.29. The smallest absolute Gasteiger partial charge is 0.309 e. The number of amides is 1. The molecular weight excluding hydrogens is 307 g/mol. The molecule has 16 heavy (non-hydrogen) atoms. The van der Waals surface area contributed by atoms with Gasteiger partial charge in [0.1, 0.15) is 5.00 Å². The first-order valence-electron chi connectivity index (χ1n) is 4.38. The highest BCUT2D eigenvalue weighted by molar-refractivity contribution is 9.10. The van der Waals surface area contributed by atoms with Crippen molar-refractivity contribution in [3.8, 4) is 0 Å². The lowest BCUT2D eigenvalue weighted by molar-refractivity contribution is -0.167. The molecule has 1 aromatic heterocycles. The summed E-state index contributed by atoms with van der Waals surface area (Å²) in [6.45, 7) is 3.84. The average Bonchev–Trinajstić information content (AvgIpc) is 2.46. The normalized spacial score (nSPS) is 11.9. The van der Waals surface area contributed by atoms with Crippen LogP contribution in [0.1, 0.15) is 25.3 Å². The van der Waals surface area contributed by atoms with E-state index in [1.54, 1.807) is 5.38 Å². The highest BCUT2D eigenvalue weighted by Gasteiger charge is 2.39. The average molecular weight is 316 g/mol. The Kier molecular flexibility index (Phi) is 4.01. The quantitative estimate of drug-likeness (QED) is 0.873. The third kappa shape index (κ3) is 2.98. The Morgan fingerprint density at radius 3 is 2.44 bits per heavy atom. The van der Waals surface area contributed by atoms with Gasteiger partial charge in [-0.1, -0.05) is 13.8 Å². The van der Waals surface area contributed by atoms with Crippen LogP contribution < -0.4 is 5.32 Å². The van der Waals surface area contributed by atoms with E-state index in [-0.39, 0.29) is 10.9 Å². The largest absolute Gasteiger partial charge is 0.471 e. The summed E-state index contributed by atoms with van der Waals surface area (Å²) < 4.78 is 36.5. The molecule has 1 N–H and O–H groups in total. The molecule has 1 amide bonds. The number of anilines is 1. The van der Waals surface area contributed by atoms with E-state index < -0.39 is 12.1 Å². The van der Waals surface area contributed by atoms with Gasteiger partial charge < -0.3 is 5.32 Å². The SMILES string of the molecule is CC(C)c1csc(NC(=O)C(F)(F)F)c1Br. The van der Waals surface area contributed by atoms with Crippen LogP contribution in [0.25, 0.3) is 0 Å². The number of carbonyl (C=O) groups is 1. The third-order valence-corrected chi connectivity index (χ3v) is 3.89. The second kappa shape index (κ2) is 4.75. The first-order valence-corrected chi connectivity index (χ1v) is 6.05. The number of alkyl halides is 3. The van der Waals surface area contributed by atoms with Gasteiger partial charge in [-0.3, -0.25) is 4.79 Å². The molecule has 1 rings (SSSR count). The Labute approximate surface area is 103 Å². The van der Waals surface area contributed by atoms with E-state index >= 15 is 0 Å². The predicted molar refractivity (Wildman–Crippen MR) is 60.8 cm³/mol. The molecule has 7 heteroatoms. The predicted octanol–water partition coefficient (Wildman–Crippen LogP) is 4.13. The molecule has 0 aliphatic carbocycles. The Balaban J connectivity index is 2.88. The zero-order valence-corrected chi connectivity index (χ0v) is 10.9. The van der Waals surface area contributed by atoms with Crippen LogP contribution >= 0.6 is 27.3 Å². The molecule has 0 fully saturated rings. The summed E-state index contributed by atoms with van der Waals surface area (Å²) in [6, 6.07) is 0. The van der Waals surface area contributed by atoms with Crippen LogP contribution in [0.3, 0.4) is 0 Å². The molecule has 0 aromatic carbocycles. The van der Waals surface area contributed by atoms with Crippen molar-refractivity contribution in [2.24, 2.45) is 0 Å². The Morgan fingerprint density at radius 1 is 1.50 bits per heavy atom. The fourth-order valence-electron chi connectivity index (χ4n) is 1.00. The monoisotopic (exact) mass is 315 g/mol. The standard InChI is InChI=1S/C9H9BrF3NOS/c1-4(2)5-3-16-7(6(5)10)14-8(15)9(11,12)13/h3-4H,1-2H3,(H,14,15). The van der Waals surface area contributed by atoms with Crippen LogP contribution in [0.4, 0.5) is 18.2 Å². The number of rotatable bonds is 2. The van der Waals surface area contributed by atoms with Gasteiger partial charge in [0.15, 0.2) is 0 Å². The molecule has 0 aliphatic rings. The zero-order chi connectivity index (χ0) is 12.5. The first kappa shape index (κ1) is 13.5. The lowest BCUT2D eigenvalue weighted by Gasteiger charge is -2.07. The van der Waals surface area contributed by atoms with Gasteiger partial charge in [-0.25, -0.2) is 0 Å². The minimum atomic E-state index is -4.86. The van der Waals surface area contributed by atoms with Crippen molar-refractivity contribution in [2.75, 3.05) is 5.32 Å². The van der Waals surface area contributed by atoms with Crippen LogP contribution in [0.2, 0.25) is 0 Å². The van der Waals surface area contributed by atoms with Crippen LogP contribution in [0.15, 0.2) is 9.85 Å². The minimum absolute atomic E-state index is 0.183. The molecule has 0 bridgehead atoms. The van der Waals surface area contributed by atoms with E-state index in [4.69, 9.17) is 0 Å². The molecule has 0 radical (unpaired) electrons. The van der Waals surface area contributed by atoms with Crippen molar-refractivity contribution >= 4 is 38.2 Å². The number of halogens is 4. The van der Waals surface area contributed by atoms with E-state index in [2.05, 4.69) is 15.9 Å². The number of thiophene rings is 1. The van der Waals surface area contributed by atoms with Gasteiger partial charge in [-0.15, -0.1) is 11.3 Å². The maximum atomic E-state index is 12.0. The fourth-order valence-corrected chi connectivity index (χ4v) is 3.12. The number of carbonyl (C=O) groups excluding carboxylic acids is 1. The summed E-state index contributed by atoms with van der Waals surface area (Å²) in [5.41, 5.74) is 0.877. The van der Waals surface area contributed by atoms with Crippen molar-refractivity contribution in [2.45, 2.75) is 25.9 Å². The van der Waals surface area contributed by atoms with Gasteiger partial charge in [0, 0.05) is 0 Å². The molecular formula is C9H9BrF3NOS. The van der Waals surface area contributed by atoms with Crippen molar-refractivity contribution in [3.05, 3.63) is 15.4 Å². The summed E-state index contributed by atoms with van der Waals surface area (Å²) in [5, 5.41) is 3.74. The second-order valence-corrected chi connectivity index (χ2v) is 5.11. The lowest BCUT2D eigenvalue weighted by atomic mass is 10.1. The molecule has 0 atom stereocenters. The highest BCUT2D eigenvalue weighted by Crippen LogP contribution is 2.38. The van der Waals surface area contributed by atoms with Crippen molar-refractivity contribution in [3.63, 3.8) is 0 Å².